The first-order chi connectivity index (χ1) is 7.67. The van der Waals surface area contributed by atoms with Crippen LogP contribution < -0.4 is 10.1 Å². The number of rotatable bonds is 5. The third-order valence-corrected chi connectivity index (χ3v) is 2.25. The van der Waals surface area contributed by atoms with Crippen molar-refractivity contribution < 1.29 is 13.9 Å². The Morgan fingerprint density at radius 1 is 1.56 bits per heavy atom. The molecule has 0 radical (unpaired) electrons. The van der Waals surface area contributed by atoms with E-state index in [9.17, 15) is 9.18 Å². The van der Waals surface area contributed by atoms with Gasteiger partial charge in [0.15, 0.2) is 0 Å². The van der Waals surface area contributed by atoms with Crippen LogP contribution in [0.1, 0.15) is 12.8 Å². The lowest BCUT2D eigenvalue weighted by molar-refractivity contribution is -0.116. The van der Waals surface area contributed by atoms with Crippen molar-refractivity contribution in [1.82, 2.24) is 0 Å². The van der Waals surface area contributed by atoms with Crippen molar-refractivity contribution in [1.29, 1.82) is 0 Å². The third-order valence-electron chi connectivity index (χ3n) is 1.99. The lowest BCUT2D eigenvalue weighted by atomic mass is 10.2. The zero-order chi connectivity index (χ0) is 12.0. The Bertz CT molecular complexity index is 371. The molecule has 5 heteroatoms. The zero-order valence-electron chi connectivity index (χ0n) is 8.93. The van der Waals surface area contributed by atoms with E-state index in [1.807, 2.05) is 0 Å². The highest BCUT2D eigenvalue weighted by Crippen LogP contribution is 2.21. The lowest BCUT2D eigenvalue weighted by Crippen LogP contribution is -2.12. The van der Waals surface area contributed by atoms with E-state index < -0.39 is 5.82 Å². The molecule has 1 N–H and O–H groups in total. The molecule has 0 aliphatic heterocycles. The maximum atomic E-state index is 13.3. The van der Waals surface area contributed by atoms with Crippen molar-refractivity contribution in [3.8, 4) is 5.75 Å². The van der Waals surface area contributed by atoms with Gasteiger partial charge in [0, 0.05) is 18.4 Å². The molecule has 0 aromatic heterocycles. The Kier molecular flexibility index (Phi) is 5.05. The van der Waals surface area contributed by atoms with Gasteiger partial charge in [0.05, 0.1) is 12.8 Å². The quantitative estimate of drug-likeness (QED) is 0.810. The number of halogens is 2. The first-order valence-corrected chi connectivity index (χ1v) is 5.40. The van der Waals surface area contributed by atoms with Gasteiger partial charge in [0.1, 0.15) is 11.6 Å². The Hall–Kier alpha value is -1.29. The molecule has 1 aromatic carbocycles. The summed E-state index contributed by atoms with van der Waals surface area (Å²) in [5.74, 6) is 0.162. The summed E-state index contributed by atoms with van der Waals surface area (Å²) in [6, 6.07) is 4.17. The minimum Gasteiger partial charge on any atom is -0.497 e. The molecule has 1 rings (SSSR count). The smallest absolute Gasteiger partial charge is 0.224 e. The minimum absolute atomic E-state index is 0.124. The summed E-state index contributed by atoms with van der Waals surface area (Å²) >= 11 is 5.45. The number of alkyl halides is 1. The Morgan fingerprint density at radius 3 is 2.94 bits per heavy atom. The number of anilines is 1. The standard InChI is InChI=1S/C11H13ClFNO2/c1-16-8-4-5-9(13)10(7-8)14-11(15)3-2-6-12/h4-5,7H,2-3,6H2,1H3,(H,14,15). The van der Waals surface area contributed by atoms with Crippen molar-refractivity contribution in [2.45, 2.75) is 12.8 Å². The van der Waals surface area contributed by atoms with Gasteiger partial charge in [-0.05, 0) is 18.6 Å². The van der Waals surface area contributed by atoms with Crippen LogP contribution in [0, 0.1) is 5.82 Å². The van der Waals surface area contributed by atoms with Crippen molar-refractivity contribution in [3.63, 3.8) is 0 Å². The second-order valence-corrected chi connectivity index (χ2v) is 3.56. The monoisotopic (exact) mass is 245 g/mol. The fraction of sp³-hybridized carbons (Fsp3) is 0.364. The van der Waals surface area contributed by atoms with Crippen molar-refractivity contribution in [3.05, 3.63) is 24.0 Å². The number of carbonyl (C=O) groups excluding carboxylic acids is 1. The van der Waals surface area contributed by atoms with Gasteiger partial charge in [0.25, 0.3) is 0 Å². The fourth-order valence-electron chi connectivity index (χ4n) is 1.17. The van der Waals surface area contributed by atoms with Crippen LogP contribution in [-0.4, -0.2) is 18.9 Å². The highest BCUT2D eigenvalue weighted by atomic mass is 35.5. The number of benzene rings is 1. The van der Waals surface area contributed by atoms with E-state index in [1.54, 1.807) is 0 Å². The van der Waals surface area contributed by atoms with Crippen molar-refractivity contribution in [2.75, 3.05) is 18.3 Å². The van der Waals surface area contributed by atoms with Crippen molar-refractivity contribution in [2.24, 2.45) is 0 Å². The fourth-order valence-corrected chi connectivity index (χ4v) is 1.30. The zero-order valence-corrected chi connectivity index (χ0v) is 9.68. The molecular formula is C11H13ClFNO2. The van der Waals surface area contributed by atoms with Gasteiger partial charge in [-0.25, -0.2) is 4.39 Å². The molecule has 0 saturated carbocycles. The number of hydrogen-bond acceptors (Lipinski definition) is 2. The van der Waals surface area contributed by atoms with Crippen LogP contribution in [0.4, 0.5) is 10.1 Å². The summed E-state index contributed by atoms with van der Waals surface area (Å²) < 4.78 is 18.2. The van der Waals surface area contributed by atoms with Crippen molar-refractivity contribution >= 4 is 23.2 Å². The molecule has 3 nitrogen and oxygen atoms in total. The van der Waals surface area contributed by atoms with E-state index in [0.29, 0.717) is 18.1 Å². The van der Waals surface area contributed by atoms with Crippen LogP contribution in [0.2, 0.25) is 0 Å². The Morgan fingerprint density at radius 2 is 2.31 bits per heavy atom. The summed E-state index contributed by atoms with van der Waals surface area (Å²) in [5, 5.41) is 2.47. The first-order valence-electron chi connectivity index (χ1n) is 4.86. The number of amides is 1. The maximum Gasteiger partial charge on any atom is 0.224 e. The van der Waals surface area contributed by atoms with Crippen LogP contribution in [0.25, 0.3) is 0 Å². The van der Waals surface area contributed by atoms with Crippen LogP contribution in [0.15, 0.2) is 18.2 Å². The second-order valence-electron chi connectivity index (χ2n) is 3.19. The number of methoxy groups -OCH3 is 1. The number of nitrogens with one attached hydrogen (secondary N) is 1. The molecule has 0 atom stereocenters. The predicted molar refractivity (Wildman–Crippen MR) is 61.5 cm³/mol. The number of carbonyl (C=O) groups is 1. The Labute approximate surface area is 98.5 Å². The first kappa shape index (κ1) is 12.8. The highest BCUT2D eigenvalue weighted by Gasteiger charge is 2.07. The third kappa shape index (κ3) is 3.70. The molecule has 88 valence electrons. The molecular weight excluding hydrogens is 233 g/mol. The van der Waals surface area contributed by atoms with Crippen LogP contribution in [0.5, 0.6) is 5.75 Å². The SMILES string of the molecule is COc1ccc(F)c(NC(=O)CCCCl)c1. The predicted octanol–water partition coefficient (Wildman–Crippen LogP) is 2.79. The molecule has 0 fully saturated rings. The molecule has 0 saturated heterocycles. The normalized spacial score (nSPS) is 9.94. The largest absolute Gasteiger partial charge is 0.497 e. The summed E-state index contributed by atoms with van der Waals surface area (Å²) in [7, 11) is 1.48. The average Bonchev–Trinajstić information content (AvgIpc) is 2.29. The van der Waals surface area contributed by atoms with Gasteiger partial charge in [0.2, 0.25) is 5.91 Å². The molecule has 16 heavy (non-hydrogen) atoms. The molecule has 0 aliphatic carbocycles. The summed E-state index contributed by atoms with van der Waals surface area (Å²) in [5.41, 5.74) is 0.124. The molecule has 0 heterocycles. The van der Waals surface area contributed by atoms with E-state index in [1.165, 1.54) is 25.3 Å². The molecule has 1 amide bonds. The van der Waals surface area contributed by atoms with E-state index in [0.717, 1.165) is 0 Å². The summed E-state index contributed by atoms with van der Waals surface area (Å²) in [6.07, 6.45) is 0.846. The maximum absolute atomic E-state index is 13.3. The molecule has 0 aliphatic rings. The lowest BCUT2D eigenvalue weighted by Gasteiger charge is -2.07. The van der Waals surface area contributed by atoms with Crippen LogP contribution >= 0.6 is 11.6 Å². The minimum atomic E-state index is -0.486. The summed E-state index contributed by atoms with van der Waals surface area (Å²) in [4.78, 5) is 11.3. The van der Waals surface area contributed by atoms with E-state index in [2.05, 4.69) is 5.32 Å². The molecule has 0 spiro atoms. The van der Waals surface area contributed by atoms with Gasteiger partial charge in [-0.1, -0.05) is 0 Å². The van der Waals surface area contributed by atoms with Gasteiger partial charge in [-0.3, -0.25) is 4.79 Å². The molecule has 0 bridgehead atoms. The average molecular weight is 246 g/mol. The topological polar surface area (TPSA) is 38.3 Å². The van der Waals surface area contributed by atoms with E-state index in [-0.39, 0.29) is 18.0 Å². The van der Waals surface area contributed by atoms with Crippen LogP contribution in [-0.2, 0) is 4.79 Å². The van der Waals surface area contributed by atoms with Crippen LogP contribution in [0.3, 0.4) is 0 Å². The Balaban J connectivity index is 2.68. The van der Waals surface area contributed by atoms with Gasteiger partial charge in [-0.2, -0.15) is 0 Å². The van der Waals surface area contributed by atoms with E-state index >= 15 is 0 Å². The van der Waals surface area contributed by atoms with Gasteiger partial charge < -0.3 is 10.1 Å². The molecule has 1 aromatic rings. The van der Waals surface area contributed by atoms with Gasteiger partial charge >= 0.3 is 0 Å². The van der Waals surface area contributed by atoms with E-state index in [4.69, 9.17) is 16.3 Å². The summed E-state index contributed by atoms with van der Waals surface area (Å²) in [6.45, 7) is 0. The van der Waals surface area contributed by atoms with Gasteiger partial charge in [-0.15, -0.1) is 11.6 Å². The molecule has 0 unspecified atom stereocenters. The number of ether oxygens (including phenoxy) is 1. The highest BCUT2D eigenvalue weighted by molar-refractivity contribution is 6.18. The second kappa shape index (κ2) is 6.33. The number of hydrogen-bond donors (Lipinski definition) is 1.